The van der Waals surface area contributed by atoms with Crippen molar-refractivity contribution in [3.8, 4) is 5.88 Å². The van der Waals surface area contributed by atoms with Crippen LogP contribution in [0.15, 0.2) is 24.4 Å². The molecule has 1 aromatic carbocycles. The molecule has 3 aromatic rings. The highest BCUT2D eigenvalue weighted by Crippen LogP contribution is 2.33. The number of methoxy groups -OCH3 is 1. The van der Waals surface area contributed by atoms with E-state index in [9.17, 15) is 9.59 Å². The number of nitrogens with zero attached hydrogens (tertiary/aromatic N) is 1. The Morgan fingerprint density at radius 1 is 1.14 bits per heavy atom. The van der Waals surface area contributed by atoms with Crippen LogP contribution in [0, 0.1) is 0 Å². The average Bonchev–Trinajstić information content (AvgIpc) is 3.08. The van der Waals surface area contributed by atoms with Gasteiger partial charge in [-0.1, -0.05) is 13.3 Å². The molecule has 0 aliphatic heterocycles. The van der Waals surface area contributed by atoms with E-state index in [4.69, 9.17) is 18.9 Å². The second-order valence-electron chi connectivity index (χ2n) is 6.42. The molecule has 0 unspecified atom stereocenters. The molecule has 2 heterocycles. The third-order valence-corrected chi connectivity index (χ3v) is 4.40. The van der Waals surface area contributed by atoms with E-state index in [0.29, 0.717) is 17.7 Å². The van der Waals surface area contributed by atoms with Crippen molar-refractivity contribution >= 4 is 33.9 Å². The number of pyridine rings is 1. The normalized spacial score (nSPS) is 11.0. The molecule has 0 aliphatic carbocycles. The van der Waals surface area contributed by atoms with Gasteiger partial charge in [0, 0.05) is 23.4 Å². The number of hydrogen-bond donors (Lipinski definition) is 1. The minimum atomic E-state index is -0.836. The van der Waals surface area contributed by atoms with Gasteiger partial charge in [0.05, 0.1) is 42.7 Å². The first-order valence-electron chi connectivity index (χ1n) is 9.53. The van der Waals surface area contributed by atoms with Gasteiger partial charge in [-0.05, 0) is 31.5 Å². The van der Waals surface area contributed by atoms with Gasteiger partial charge in [0.15, 0.2) is 0 Å². The largest absolute Gasteiger partial charge is 0.515 e. The van der Waals surface area contributed by atoms with Crippen LogP contribution in [0.4, 0.5) is 4.79 Å². The fraction of sp³-hybridized carbons (Fsp3) is 0.381. The second-order valence-corrected chi connectivity index (χ2v) is 6.42. The molecule has 2 aromatic heterocycles. The first-order chi connectivity index (χ1) is 14.1. The van der Waals surface area contributed by atoms with Gasteiger partial charge < -0.3 is 23.9 Å². The fourth-order valence-corrected chi connectivity index (χ4v) is 3.05. The predicted octanol–water partition coefficient (Wildman–Crippen LogP) is 4.35. The highest BCUT2D eigenvalue weighted by Gasteiger charge is 2.19. The Kier molecular flexibility index (Phi) is 6.66. The number of aromatic nitrogens is 2. The van der Waals surface area contributed by atoms with Crippen LogP contribution in [0.3, 0.4) is 0 Å². The zero-order valence-corrected chi connectivity index (χ0v) is 16.7. The zero-order chi connectivity index (χ0) is 20.8. The number of H-pyrrole nitrogens is 1. The van der Waals surface area contributed by atoms with Crippen molar-refractivity contribution in [1.29, 1.82) is 0 Å². The summed E-state index contributed by atoms with van der Waals surface area (Å²) in [6.07, 6.45) is 2.50. The lowest BCUT2D eigenvalue weighted by Crippen LogP contribution is -2.12. The van der Waals surface area contributed by atoms with Crippen molar-refractivity contribution in [1.82, 2.24) is 9.97 Å². The van der Waals surface area contributed by atoms with Crippen LogP contribution < -0.4 is 4.74 Å². The van der Waals surface area contributed by atoms with E-state index in [1.165, 1.54) is 0 Å². The molecule has 154 valence electrons. The van der Waals surface area contributed by atoms with E-state index in [-0.39, 0.29) is 25.1 Å². The molecular weight excluding hydrogens is 376 g/mol. The lowest BCUT2D eigenvalue weighted by Gasteiger charge is -2.10. The van der Waals surface area contributed by atoms with Crippen molar-refractivity contribution in [2.75, 3.05) is 20.3 Å². The van der Waals surface area contributed by atoms with Crippen molar-refractivity contribution in [3.63, 3.8) is 0 Å². The number of unbranched alkanes of at least 4 members (excludes halogenated alkanes) is 1. The molecule has 0 spiro atoms. The van der Waals surface area contributed by atoms with Gasteiger partial charge in [0.1, 0.15) is 0 Å². The SMILES string of the molecule is CCCCOC(=O)c1ccc2[nH]c3cnc(OC(=O)OCC)c(COC)c3c2c1. The summed E-state index contributed by atoms with van der Waals surface area (Å²) in [5.41, 5.74) is 2.58. The maximum absolute atomic E-state index is 12.4. The molecule has 8 heteroatoms. The van der Waals surface area contributed by atoms with Crippen LogP contribution in [-0.2, 0) is 20.8 Å². The van der Waals surface area contributed by atoms with Gasteiger partial charge in [-0.25, -0.2) is 14.6 Å². The Morgan fingerprint density at radius 3 is 2.69 bits per heavy atom. The summed E-state index contributed by atoms with van der Waals surface area (Å²) in [5.74, 6) is -0.269. The molecule has 0 saturated heterocycles. The second kappa shape index (κ2) is 9.38. The van der Waals surface area contributed by atoms with Gasteiger partial charge in [0.25, 0.3) is 0 Å². The summed E-state index contributed by atoms with van der Waals surface area (Å²) in [7, 11) is 1.54. The Balaban J connectivity index is 2.07. The molecule has 0 aliphatic rings. The maximum atomic E-state index is 12.4. The number of carbonyl (C=O) groups is 2. The number of ether oxygens (including phenoxy) is 4. The molecule has 0 atom stereocenters. The minimum Gasteiger partial charge on any atom is -0.462 e. The van der Waals surface area contributed by atoms with E-state index < -0.39 is 6.16 Å². The molecule has 1 N–H and O–H groups in total. The first-order valence-corrected chi connectivity index (χ1v) is 9.53. The average molecular weight is 400 g/mol. The molecule has 0 fully saturated rings. The summed E-state index contributed by atoms with van der Waals surface area (Å²) in [6.45, 7) is 4.47. The number of rotatable bonds is 8. The summed E-state index contributed by atoms with van der Waals surface area (Å²) < 4.78 is 20.7. The Bertz CT molecular complexity index is 1030. The molecule has 0 bridgehead atoms. The Hall–Kier alpha value is -3.13. The van der Waals surface area contributed by atoms with Crippen LogP contribution in [0.2, 0.25) is 0 Å². The Labute approximate surface area is 168 Å². The van der Waals surface area contributed by atoms with Gasteiger partial charge >= 0.3 is 12.1 Å². The fourth-order valence-electron chi connectivity index (χ4n) is 3.05. The van der Waals surface area contributed by atoms with E-state index in [2.05, 4.69) is 9.97 Å². The van der Waals surface area contributed by atoms with E-state index in [0.717, 1.165) is 34.6 Å². The van der Waals surface area contributed by atoms with Gasteiger partial charge in [-0.3, -0.25) is 0 Å². The predicted molar refractivity (Wildman–Crippen MR) is 107 cm³/mol. The quantitative estimate of drug-likeness (QED) is 0.443. The molecule has 3 rings (SSSR count). The number of carbonyl (C=O) groups excluding carboxylic acids is 2. The summed E-state index contributed by atoms with van der Waals surface area (Å²) in [6, 6.07) is 5.29. The Morgan fingerprint density at radius 2 is 1.97 bits per heavy atom. The molecule has 0 amide bonds. The lowest BCUT2D eigenvalue weighted by atomic mass is 10.1. The van der Waals surface area contributed by atoms with Crippen LogP contribution in [-0.4, -0.2) is 42.4 Å². The van der Waals surface area contributed by atoms with Gasteiger partial charge in [0.2, 0.25) is 5.88 Å². The number of aromatic amines is 1. The number of nitrogens with one attached hydrogen (secondary N) is 1. The van der Waals surface area contributed by atoms with Crippen LogP contribution >= 0.6 is 0 Å². The summed E-state index contributed by atoms with van der Waals surface area (Å²) >= 11 is 0. The van der Waals surface area contributed by atoms with Crippen molar-refractivity contribution in [3.05, 3.63) is 35.5 Å². The molecule has 0 saturated carbocycles. The van der Waals surface area contributed by atoms with Crippen LogP contribution in [0.1, 0.15) is 42.6 Å². The zero-order valence-electron chi connectivity index (χ0n) is 16.7. The van der Waals surface area contributed by atoms with E-state index in [1.54, 1.807) is 32.4 Å². The molecule has 8 nitrogen and oxygen atoms in total. The lowest BCUT2D eigenvalue weighted by molar-refractivity contribution is 0.0499. The van der Waals surface area contributed by atoms with Crippen LogP contribution in [0.5, 0.6) is 5.88 Å². The molecule has 0 radical (unpaired) electrons. The topological polar surface area (TPSA) is 99.7 Å². The van der Waals surface area contributed by atoms with Gasteiger partial charge in [-0.2, -0.15) is 0 Å². The number of benzene rings is 1. The smallest absolute Gasteiger partial charge is 0.462 e. The van der Waals surface area contributed by atoms with Crippen molar-refractivity contribution < 1.29 is 28.5 Å². The summed E-state index contributed by atoms with van der Waals surface area (Å²) in [5, 5.41) is 1.55. The molecular formula is C21H24N2O6. The maximum Gasteiger partial charge on any atom is 0.515 e. The number of hydrogen-bond acceptors (Lipinski definition) is 7. The monoisotopic (exact) mass is 400 g/mol. The van der Waals surface area contributed by atoms with Crippen molar-refractivity contribution in [2.24, 2.45) is 0 Å². The van der Waals surface area contributed by atoms with E-state index >= 15 is 0 Å². The third kappa shape index (κ3) is 4.48. The van der Waals surface area contributed by atoms with Crippen LogP contribution in [0.25, 0.3) is 21.8 Å². The number of fused-ring (bicyclic) bond motifs is 3. The van der Waals surface area contributed by atoms with Gasteiger partial charge in [-0.15, -0.1) is 0 Å². The first kappa shape index (κ1) is 20.6. The minimum absolute atomic E-state index is 0.106. The third-order valence-electron chi connectivity index (χ3n) is 4.40. The summed E-state index contributed by atoms with van der Waals surface area (Å²) in [4.78, 5) is 31.6. The highest BCUT2D eigenvalue weighted by molar-refractivity contribution is 6.11. The highest BCUT2D eigenvalue weighted by atomic mass is 16.7. The number of esters is 1. The van der Waals surface area contributed by atoms with Crippen molar-refractivity contribution in [2.45, 2.75) is 33.3 Å². The standard InChI is InChI=1S/C21H24N2O6/c1-4-6-9-28-20(24)13-7-8-16-14(10-13)18-15(12-26-3)19(22-11-17(18)23-16)29-21(25)27-5-2/h7-8,10-11,23H,4-6,9,12H2,1-3H3. The molecule has 29 heavy (non-hydrogen) atoms. The van der Waals surface area contributed by atoms with E-state index in [1.807, 2.05) is 13.0 Å².